The van der Waals surface area contributed by atoms with E-state index in [-0.39, 0.29) is 0 Å². The minimum absolute atomic E-state index is 0.421. The molecule has 0 aromatic heterocycles. The van der Waals surface area contributed by atoms with Crippen molar-refractivity contribution in [1.82, 2.24) is 0 Å². The van der Waals surface area contributed by atoms with Gasteiger partial charge in [-0.05, 0) is 126 Å². The largest absolute Gasteiger partial charge is 0.115 e. The van der Waals surface area contributed by atoms with Crippen LogP contribution in [0.5, 0.6) is 0 Å². The zero-order valence-electron chi connectivity index (χ0n) is 27.2. The number of benzene rings is 3. The minimum Gasteiger partial charge on any atom is -0.115 e. The second-order valence-electron chi connectivity index (χ2n) is 14.9. The van der Waals surface area contributed by atoms with Crippen LogP contribution in [0.25, 0.3) is 5.57 Å². The Balaban J connectivity index is 1.14. The van der Waals surface area contributed by atoms with Crippen molar-refractivity contribution >= 4 is 5.57 Å². The van der Waals surface area contributed by atoms with Gasteiger partial charge in [0.25, 0.3) is 0 Å². The molecule has 0 heteroatoms. The zero-order valence-corrected chi connectivity index (χ0v) is 27.2. The number of aryl methyl sites for hydroxylation is 1. The minimum atomic E-state index is 0.421. The van der Waals surface area contributed by atoms with Crippen LogP contribution < -0.4 is 0 Å². The quantitative estimate of drug-likeness (QED) is 0.166. The molecule has 0 bridgehead atoms. The fraction of sp³-hybridized carbons (Fsp3) is 0.409. The lowest BCUT2D eigenvalue weighted by Crippen LogP contribution is -2.30. The maximum atomic E-state index is 5.92. The molecule has 3 aliphatic carbocycles. The molecule has 44 heavy (non-hydrogen) atoms. The van der Waals surface area contributed by atoms with Crippen LogP contribution in [0.2, 0.25) is 0 Å². The highest BCUT2D eigenvalue weighted by Gasteiger charge is 2.38. The molecule has 0 radical (unpaired) electrons. The summed E-state index contributed by atoms with van der Waals surface area (Å²) in [5.41, 5.74) is 11.4. The van der Waals surface area contributed by atoms with E-state index in [0.717, 1.165) is 24.3 Å². The van der Waals surface area contributed by atoms with Crippen molar-refractivity contribution in [1.29, 1.82) is 0 Å². The van der Waals surface area contributed by atoms with Gasteiger partial charge in [-0.15, -0.1) is 6.42 Å². The Labute approximate surface area is 267 Å². The van der Waals surface area contributed by atoms with Gasteiger partial charge < -0.3 is 0 Å². The van der Waals surface area contributed by atoms with E-state index < -0.39 is 0 Å². The van der Waals surface area contributed by atoms with Crippen molar-refractivity contribution in [2.75, 3.05) is 0 Å². The van der Waals surface area contributed by atoms with Crippen LogP contribution in [0, 0.1) is 35.5 Å². The number of hydrogen-bond acceptors (Lipinski definition) is 0. The van der Waals surface area contributed by atoms with Crippen molar-refractivity contribution < 1.29 is 0 Å². The summed E-state index contributed by atoms with van der Waals surface area (Å²) in [6.07, 6.45) is 23.8. The summed E-state index contributed by atoms with van der Waals surface area (Å²) < 4.78 is 0. The number of terminal acetylenes is 1. The first-order valence-electron chi connectivity index (χ1n) is 17.1. The van der Waals surface area contributed by atoms with Crippen LogP contribution >= 0.6 is 0 Å². The standard InChI is InChI=1S/C44H50/c1-6-36-19-17-35(28-42(36)41-29-44(4,5)30-41)27-34-15-20-38(21-16-34)43(32(3)13-14-33-10-8-7-9-11-33)39-24-22-37(23-25-39)40-18-12-31(2)26-40/h1,7-12,17-19,22-26,28,31,34,38,41,43H,3,13-16,20-21,27,29-30H2,2,4-5H3. The average Bonchev–Trinajstić information content (AvgIpc) is 3.46. The molecular formula is C44H50. The third-order valence-corrected chi connectivity index (χ3v) is 10.8. The van der Waals surface area contributed by atoms with Gasteiger partial charge >= 0.3 is 0 Å². The van der Waals surface area contributed by atoms with Crippen LogP contribution in [0.3, 0.4) is 0 Å². The van der Waals surface area contributed by atoms with Crippen molar-refractivity contribution in [3.05, 3.63) is 137 Å². The fourth-order valence-electron chi connectivity index (χ4n) is 8.43. The summed E-state index contributed by atoms with van der Waals surface area (Å²) in [6.45, 7) is 11.8. The zero-order chi connectivity index (χ0) is 30.7. The molecule has 3 aliphatic rings. The van der Waals surface area contributed by atoms with Crippen molar-refractivity contribution in [3.8, 4) is 12.3 Å². The van der Waals surface area contributed by atoms with Gasteiger partial charge in [0.05, 0.1) is 0 Å². The maximum Gasteiger partial charge on any atom is 0.0277 e. The Bertz CT molecular complexity index is 1540. The molecule has 0 spiro atoms. The molecule has 0 N–H and O–H groups in total. The van der Waals surface area contributed by atoms with Crippen LogP contribution in [0.4, 0.5) is 0 Å². The van der Waals surface area contributed by atoms with Crippen LogP contribution in [-0.2, 0) is 12.8 Å². The molecule has 3 aromatic rings. The van der Waals surface area contributed by atoms with E-state index in [0.29, 0.717) is 29.1 Å². The Hall–Kier alpha value is -3.56. The molecule has 0 saturated heterocycles. The van der Waals surface area contributed by atoms with E-state index in [1.54, 1.807) is 0 Å². The highest BCUT2D eigenvalue weighted by atomic mass is 14.4. The van der Waals surface area contributed by atoms with Crippen LogP contribution in [0.15, 0.2) is 103 Å². The van der Waals surface area contributed by atoms with E-state index >= 15 is 0 Å². The topological polar surface area (TPSA) is 0 Å². The third-order valence-electron chi connectivity index (χ3n) is 10.8. The third kappa shape index (κ3) is 7.05. The second kappa shape index (κ2) is 13.2. The number of rotatable bonds is 10. The lowest BCUT2D eigenvalue weighted by molar-refractivity contribution is 0.151. The van der Waals surface area contributed by atoms with Crippen LogP contribution in [0.1, 0.15) is 111 Å². The van der Waals surface area contributed by atoms with Gasteiger partial charge in [0, 0.05) is 11.5 Å². The first kappa shape index (κ1) is 30.5. The summed E-state index contributed by atoms with van der Waals surface area (Å²) in [6, 6.07) is 27.4. The SMILES string of the molecule is C#Cc1ccc(CC2CCC(C(C(=C)CCc3ccccc3)c3ccc(C4=CC(C)C=C4)cc3)CC2)cc1C1CC(C)(C)C1. The molecule has 226 valence electrons. The number of allylic oxidation sites excluding steroid dienone is 5. The van der Waals surface area contributed by atoms with E-state index in [1.807, 2.05) is 0 Å². The molecule has 3 aromatic carbocycles. The van der Waals surface area contributed by atoms with Gasteiger partial charge in [-0.1, -0.05) is 124 Å². The first-order valence-corrected chi connectivity index (χ1v) is 17.1. The molecule has 2 atom stereocenters. The van der Waals surface area contributed by atoms with Gasteiger partial charge in [-0.3, -0.25) is 0 Å². The number of hydrogen-bond donors (Lipinski definition) is 0. The molecule has 0 heterocycles. The predicted molar refractivity (Wildman–Crippen MR) is 189 cm³/mol. The molecule has 6 rings (SSSR count). The van der Waals surface area contributed by atoms with Gasteiger partial charge in [-0.2, -0.15) is 0 Å². The Morgan fingerprint density at radius 3 is 2.30 bits per heavy atom. The molecule has 2 saturated carbocycles. The monoisotopic (exact) mass is 578 g/mol. The van der Waals surface area contributed by atoms with E-state index in [1.165, 1.54) is 83.9 Å². The average molecular weight is 579 g/mol. The summed E-state index contributed by atoms with van der Waals surface area (Å²) in [4.78, 5) is 0. The lowest BCUT2D eigenvalue weighted by atomic mass is 9.61. The van der Waals surface area contributed by atoms with Gasteiger partial charge in [-0.25, -0.2) is 0 Å². The normalized spacial score (nSPS) is 23.4. The first-order chi connectivity index (χ1) is 21.3. The predicted octanol–water partition coefficient (Wildman–Crippen LogP) is 11.5. The Morgan fingerprint density at radius 1 is 0.932 bits per heavy atom. The van der Waals surface area contributed by atoms with E-state index in [9.17, 15) is 0 Å². The lowest BCUT2D eigenvalue weighted by Gasteiger charge is -2.43. The van der Waals surface area contributed by atoms with Crippen molar-refractivity contribution in [2.45, 2.75) is 90.4 Å². The summed E-state index contributed by atoms with van der Waals surface area (Å²) >= 11 is 0. The van der Waals surface area contributed by atoms with Crippen molar-refractivity contribution in [2.24, 2.45) is 23.2 Å². The Morgan fingerprint density at radius 2 is 1.66 bits per heavy atom. The van der Waals surface area contributed by atoms with Crippen LogP contribution in [-0.4, -0.2) is 0 Å². The maximum absolute atomic E-state index is 5.92. The molecule has 0 nitrogen and oxygen atoms in total. The van der Waals surface area contributed by atoms with E-state index in [2.05, 4.69) is 118 Å². The highest BCUT2D eigenvalue weighted by Crippen LogP contribution is 2.51. The highest BCUT2D eigenvalue weighted by molar-refractivity contribution is 5.76. The Kier molecular flexibility index (Phi) is 9.14. The molecule has 2 fully saturated rings. The smallest absolute Gasteiger partial charge is 0.0277 e. The molecular weight excluding hydrogens is 528 g/mol. The van der Waals surface area contributed by atoms with E-state index in [4.69, 9.17) is 13.0 Å². The van der Waals surface area contributed by atoms with Gasteiger partial charge in [0.15, 0.2) is 0 Å². The van der Waals surface area contributed by atoms with Crippen molar-refractivity contribution in [3.63, 3.8) is 0 Å². The second-order valence-corrected chi connectivity index (χ2v) is 14.9. The molecule has 0 aliphatic heterocycles. The van der Waals surface area contributed by atoms with Gasteiger partial charge in [0.1, 0.15) is 0 Å². The fourth-order valence-corrected chi connectivity index (χ4v) is 8.43. The summed E-state index contributed by atoms with van der Waals surface area (Å²) in [5.74, 6) is 5.95. The summed E-state index contributed by atoms with van der Waals surface area (Å²) in [7, 11) is 0. The summed E-state index contributed by atoms with van der Waals surface area (Å²) in [5, 5.41) is 0. The van der Waals surface area contributed by atoms with Gasteiger partial charge in [0.2, 0.25) is 0 Å². The molecule has 2 unspecified atom stereocenters. The molecule has 0 amide bonds.